The van der Waals surface area contributed by atoms with E-state index in [1.54, 1.807) is 6.07 Å². The zero-order chi connectivity index (χ0) is 27.1. The van der Waals surface area contributed by atoms with E-state index in [4.69, 9.17) is 4.74 Å². The Hall–Kier alpha value is -3.54. The number of pyridine rings is 1. The topological polar surface area (TPSA) is 93.0 Å². The molecule has 1 atom stereocenters. The number of nitrogens with one attached hydrogen (secondary N) is 2. The van der Waals surface area contributed by atoms with E-state index in [1.807, 2.05) is 43.7 Å². The zero-order valence-corrected chi connectivity index (χ0v) is 22.3. The van der Waals surface area contributed by atoms with Crippen LogP contribution in [-0.4, -0.2) is 67.8 Å². The summed E-state index contributed by atoms with van der Waals surface area (Å²) < 4.78 is 37.8. The molecule has 1 spiro atoms. The minimum absolute atomic E-state index is 0.00160. The molecule has 2 aliphatic rings. The summed E-state index contributed by atoms with van der Waals surface area (Å²) in [6.45, 7) is 11.0. The molecule has 11 heteroatoms. The number of benzene rings is 1. The van der Waals surface area contributed by atoms with Crippen LogP contribution in [0.5, 0.6) is 0 Å². The largest absolute Gasteiger partial charge is 0.371 e. The van der Waals surface area contributed by atoms with Crippen LogP contribution >= 0.6 is 0 Å². The third-order valence-electron chi connectivity index (χ3n) is 7.46. The molecule has 0 aliphatic carbocycles. The highest BCUT2D eigenvalue weighted by molar-refractivity contribution is 5.83. The Kier molecular flexibility index (Phi) is 6.74. The number of aryl methyl sites for hydroxylation is 1. The van der Waals surface area contributed by atoms with Crippen molar-refractivity contribution in [2.45, 2.75) is 45.4 Å². The number of anilines is 2. The van der Waals surface area contributed by atoms with Gasteiger partial charge >= 0.3 is 0 Å². The molecule has 0 amide bonds. The number of rotatable bonds is 6. The molecule has 204 valence electrons. The number of morpholine rings is 1. The Morgan fingerprint density at radius 2 is 2.00 bits per heavy atom. The molecule has 39 heavy (non-hydrogen) atoms. The van der Waals surface area contributed by atoms with Crippen molar-refractivity contribution >= 4 is 22.8 Å². The second-order valence-electron chi connectivity index (χ2n) is 10.7. The van der Waals surface area contributed by atoms with Gasteiger partial charge in [-0.1, -0.05) is 6.07 Å². The first-order chi connectivity index (χ1) is 18.8. The molecular formula is C28H32F2N8O. The van der Waals surface area contributed by atoms with Gasteiger partial charge in [0.15, 0.2) is 11.6 Å². The van der Waals surface area contributed by atoms with Crippen LogP contribution in [-0.2, 0) is 11.3 Å². The second kappa shape index (κ2) is 10.2. The number of hydrogen-bond acceptors (Lipinski definition) is 8. The lowest BCUT2D eigenvalue weighted by Crippen LogP contribution is -2.52. The first-order valence-corrected chi connectivity index (χ1v) is 13.3. The highest BCUT2D eigenvalue weighted by atomic mass is 19.1. The van der Waals surface area contributed by atoms with Crippen LogP contribution in [0.2, 0.25) is 0 Å². The SMILES string of the molecule is Cc1nc2c(F)cc(-c3nc(Nc4ccc(CN5CCOC6(CCNC6)C5)cn4)ncc3F)cc2n1C(C)C. The molecule has 3 aromatic heterocycles. The van der Waals surface area contributed by atoms with E-state index < -0.39 is 11.6 Å². The van der Waals surface area contributed by atoms with Gasteiger partial charge in [0.25, 0.3) is 0 Å². The average molecular weight is 535 g/mol. The lowest BCUT2D eigenvalue weighted by atomic mass is 10.0. The minimum Gasteiger partial charge on any atom is -0.371 e. The van der Waals surface area contributed by atoms with Crippen LogP contribution in [0.15, 0.2) is 36.7 Å². The quantitative estimate of drug-likeness (QED) is 0.377. The molecule has 2 N–H and O–H groups in total. The van der Waals surface area contributed by atoms with Crippen LogP contribution in [0.4, 0.5) is 20.5 Å². The number of halogens is 2. The molecule has 2 saturated heterocycles. The first kappa shape index (κ1) is 25.7. The van der Waals surface area contributed by atoms with Crippen molar-refractivity contribution in [1.29, 1.82) is 0 Å². The van der Waals surface area contributed by atoms with Crippen LogP contribution in [0, 0.1) is 18.6 Å². The summed E-state index contributed by atoms with van der Waals surface area (Å²) in [6, 6.07) is 6.91. The van der Waals surface area contributed by atoms with E-state index in [2.05, 4.69) is 35.5 Å². The number of imidazole rings is 1. The third-order valence-corrected chi connectivity index (χ3v) is 7.46. The molecule has 6 rings (SSSR count). The van der Waals surface area contributed by atoms with Gasteiger partial charge in [0.05, 0.1) is 23.9 Å². The van der Waals surface area contributed by atoms with Crippen molar-refractivity contribution in [2.75, 3.05) is 38.1 Å². The highest BCUT2D eigenvalue weighted by Crippen LogP contribution is 2.31. The minimum atomic E-state index is -0.643. The molecule has 4 aromatic rings. The summed E-state index contributed by atoms with van der Waals surface area (Å²) >= 11 is 0. The standard InChI is InChI=1S/C28H32F2N8O/c1-17(2)38-18(3)34-26-21(29)10-20(11-23(26)38)25-22(30)13-33-27(36-25)35-24-5-4-19(12-32-24)14-37-8-9-39-28(16-37)6-7-31-15-28/h4-5,10-13,17,31H,6-9,14-16H2,1-3H3,(H,32,33,35,36). The Morgan fingerprint density at radius 3 is 2.74 bits per heavy atom. The summed E-state index contributed by atoms with van der Waals surface area (Å²) in [7, 11) is 0. The highest BCUT2D eigenvalue weighted by Gasteiger charge is 2.39. The number of fused-ring (bicyclic) bond motifs is 1. The predicted octanol–water partition coefficient (Wildman–Crippen LogP) is 4.36. The maximum atomic E-state index is 15.0. The second-order valence-corrected chi connectivity index (χ2v) is 10.7. The van der Waals surface area contributed by atoms with Crippen molar-refractivity contribution in [2.24, 2.45) is 0 Å². The van der Waals surface area contributed by atoms with Gasteiger partial charge < -0.3 is 19.9 Å². The number of aromatic nitrogens is 5. The smallest absolute Gasteiger partial charge is 0.229 e. The van der Waals surface area contributed by atoms with Crippen LogP contribution < -0.4 is 10.6 Å². The fourth-order valence-electron chi connectivity index (χ4n) is 5.69. The van der Waals surface area contributed by atoms with Gasteiger partial charge in [-0.2, -0.15) is 0 Å². The predicted molar refractivity (Wildman–Crippen MR) is 145 cm³/mol. The third kappa shape index (κ3) is 5.09. The summed E-state index contributed by atoms with van der Waals surface area (Å²) in [5, 5.41) is 6.45. The van der Waals surface area contributed by atoms with Gasteiger partial charge in [-0.15, -0.1) is 0 Å². The van der Waals surface area contributed by atoms with Gasteiger partial charge in [0.1, 0.15) is 22.9 Å². The Labute approximate surface area is 225 Å². The van der Waals surface area contributed by atoms with Crippen molar-refractivity contribution < 1.29 is 13.5 Å². The zero-order valence-electron chi connectivity index (χ0n) is 22.3. The molecule has 0 bridgehead atoms. The molecule has 0 saturated carbocycles. The van der Waals surface area contributed by atoms with E-state index in [9.17, 15) is 8.78 Å². The van der Waals surface area contributed by atoms with Crippen LogP contribution in [0.1, 0.15) is 37.7 Å². The first-order valence-electron chi connectivity index (χ1n) is 13.3. The summed E-state index contributed by atoms with van der Waals surface area (Å²) in [5.41, 5.74) is 2.18. The maximum Gasteiger partial charge on any atom is 0.229 e. The van der Waals surface area contributed by atoms with Gasteiger partial charge in [0.2, 0.25) is 5.95 Å². The van der Waals surface area contributed by atoms with Crippen molar-refractivity contribution in [3.63, 3.8) is 0 Å². The van der Waals surface area contributed by atoms with Gasteiger partial charge in [0, 0.05) is 44.0 Å². The Balaban J connectivity index is 1.20. The lowest BCUT2D eigenvalue weighted by molar-refractivity contribution is -0.0984. The molecule has 1 unspecified atom stereocenters. The molecule has 5 heterocycles. The van der Waals surface area contributed by atoms with Gasteiger partial charge in [-0.05, 0) is 57.5 Å². The molecule has 0 radical (unpaired) electrons. The molecular weight excluding hydrogens is 502 g/mol. The summed E-state index contributed by atoms with van der Waals surface area (Å²) in [6.07, 6.45) is 3.94. The van der Waals surface area contributed by atoms with Gasteiger partial charge in [-0.3, -0.25) is 4.90 Å². The van der Waals surface area contributed by atoms with Crippen molar-refractivity contribution in [3.8, 4) is 11.3 Å². The van der Waals surface area contributed by atoms with E-state index in [0.717, 1.165) is 57.5 Å². The summed E-state index contributed by atoms with van der Waals surface area (Å²) in [4.78, 5) is 19.7. The van der Waals surface area contributed by atoms with Crippen molar-refractivity contribution in [3.05, 3.63) is 59.7 Å². The van der Waals surface area contributed by atoms with E-state index in [0.29, 0.717) is 22.7 Å². The Bertz CT molecular complexity index is 1500. The number of hydrogen-bond donors (Lipinski definition) is 2. The average Bonchev–Trinajstić information content (AvgIpc) is 3.50. The Morgan fingerprint density at radius 1 is 1.13 bits per heavy atom. The number of ether oxygens (including phenoxy) is 1. The monoisotopic (exact) mass is 534 g/mol. The summed E-state index contributed by atoms with van der Waals surface area (Å²) in [5.74, 6) is 0.232. The van der Waals surface area contributed by atoms with E-state index in [1.165, 1.54) is 6.07 Å². The lowest BCUT2D eigenvalue weighted by Gasteiger charge is -2.40. The maximum absolute atomic E-state index is 15.0. The normalized spacial score (nSPS) is 19.9. The number of nitrogens with zero attached hydrogens (tertiary/aromatic N) is 6. The van der Waals surface area contributed by atoms with E-state index in [-0.39, 0.29) is 28.8 Å². The van der Waals surface area contributed by atoms with Gasteiger partial charge in [-0.25, -0.2) is 28.7 Å². The van der Waals surface area contributed by atoms with E-state index >= 15 is 0 Å². The van der Waals surface area contributed by atoms with Crippen molar-refractivity contribution in [1.82, 2.24) is 34.7 Å². The molecule has 2 fully saturated rings. The fourth-order valence-corrected chi connectivity index (χ4v) is 5.69. The molecule has 2 aliphatic heterocycles. The van der Waals surface area contributed by atoms with Crippen LogP contribution in [0.3, 0.4) is 0 Å². The molecule has 9 nitrogen and oxygen atoms in total. The fraction of sp³-hybridized carbons (Fsp3) is 0.429. The molecule has 1 aromatic carbocycles. The van der Waals surface area contributed by atoms with Crippen LogP contribution in [0.25, 0.3) is 22.3 Å².